The summed E-state index contributed by atoms with van der Waals surface area (Å²) >= 11 is 0. The third kappa shape index (κ3) is 2.43. The van der Waals surface area contributed by atoms with Crippen molar-refractivity contribution in [1.82, 2.24) is 0 Å². The molecule has 1 heteroatoms. The van der Waals surface area contributed by atoms with Gasteiger partial charge in [-0.05, 0) is 37.5 Å². The zero-order valence-electron chi connectivity index (χ0n) is 8.46. The molecule has 0 heterocycles. The monoisotopic (exact) mass is 176 g/mol. The van der Waals surface area contributed by atoms with Gasteiger partial charge in [0.15, 0.2) is 0 Å². The van der Waals surface area contributed by atoms with Gasteiger partial charge in [0.2, 0.25) is 0 Å². The molecular weight excluding hydrogens is 160 g/mol. The molecule has 0 amide bonds. The van der Waals surface area contributed by atoms with Crippen molar-refractivity contribution < 1.29 is 5.11 Å². The normalized spacial score (nSPS) is 11.1. The molecule has 1 N–H and O–H groups in total. The number of hydrogen-bond acceptors (Lipinski definition) is 1. The van der Waals surface area contributed by atoms with Crippen LogP contribution in [0.4, 0.5) is 0 Å². The van der Waals surface area contributed by atoms with Crippen molar-refractivity contribution in [3.05, 3.63) is 40.5 Å². The molecule has 1 rings (SSSR count). The van der Waals surface area contributed by atoms with Crippen molar-refractivity contribution in [2.75, 3.05) is 6.61 Å². The van der Waals surface area contributed by atoms with E-state index in [1.165, 1.54) is 22.3 Å². The minimum Gasteiger partial charge on any atom is -0.392 e. The molecule has 0 aliphatic rings. The largest absolute Gasteiger partial charge is 0.392 e. The third-order valence-corrected chi connectivity index (χ3v) is 2.13. The van der Waals surface area contributed by atoms with Gasteiger partial charge in [-0.15, -0.1) is 0 Å². The summed E-state index contributed by atoms with van der Waals surface area (Å²) in [7, 11) is 0. The Balaban J connectivity index is 3.13. The van der Waals surface area contributed by atoms with E-state index in [1.807, 2.05) is 6.08 Å². The molecule has 0 atom stereocenters. The predicted molar refractivity (Wildman–Crippen MR) is 56.8 cm³/mol. The summed E-state index contributed by atoms with van der Waals surface area (Å²) < 4.78 is 0. The van der Waals surface area contributed by atoms with Crippen molar-refractivity contribution in [2.45, 2.75) is 20.8 Å². The first-order valence-corrected chi connectivity index (χ1v) is 4.50. The van der Waals surface area contributed by atoms with Gasteiger partial charge in [0.25, 0.3) is 0 Å². The fourth-order valence-electron chi connectivity index (χ4n) is 1.62. The Labute approximate surface area is 79.7 Å². The number of benzene rings is 1. The quantitative estimate of drug-likeness (QED) is 0.734. The summed E-state index contributed by atoms with van der Waals surface area (Å²) in [5, 5.41) is 8.68. The number of aliphatic hydroxyl groups is 1. The maximum absolute atomic E-state index is 8.68. The molecule has 0 saturated carbocycles. The minimum absolute atomic E-state index is 0.104. The maximum Gasteiger partial charge on any atom is 0.0615 e. The second kappa shape index (κ2) is 4.24. The van der Waals surface area contributed by atoms with Gasteiger partial charge >= 0.3 is 0 Å². The molecule has 0 aliphatic carbocycles. The van der Waals surface area contributed by atoms with Crippen LogP contribution < -0.4 is 0 Å². The highest BCUT2D eigenvalue weighted by Gasteiger charge is 1.99. The van der Waals surface area contributed by atoms with Crippen LogP contribution in [0.3, 0.4) is 0 Å². The molecular formula is C12H16O. The van der Waals surface area contributed by atoms with Crippen molar-refractivity contribution in [2.24, 2.45) is 0 Å². The van der Waals surface area contributed by atoms with Crippen LogP contribution in [0.2, 0.25) is 0 Å². The van der Waals surface area contributed by atoms with Crippen molar-refractivity contribution in [3.63, 3.8) is 0 Å². The number of aliphatic hydroxyl groups excluding tert-OH is 1. The van der Waals surface area contributed by atoms with E-state index >= 15 is 0 Å². The zero-order valence-corrected chi connectivity index (χ0v) is 8.46. The van der Waals surface area contributed by atoms with Crippen LogP contribution >= 0.6 is 0 Å². The van der Waals surface area contributed by atoms with Crippen molar-refractivity contribution in [1.29, 1.82) is 0 Å². The van der Waals surface area contributed by atoms with Crippen molar-refractivity contribution in [3.8, 4) is 0 Å². The molecule has 1 nitrogen and oxygen atoms in total. The van der Waals surface area contributed by atoms with Gasteiger partial charge in [-0.2, -0.15) is 0 Å². The van der Waals surface area contributed by atoms with Gasteiger partial charge in [-0.25, -0.2) is 0 Å². The Morgan fingerprint density at radius 3 is 2.15 bits per heavy atom. The highest BCUT2D eigenvalue weighted by Crippen LogP contribution is 2.17. The molecule has 0 saturated heterocycles. The van der Waals surface area contributed by atoms with Gasteiger partial charge in [-0.3, -0.25) is 0 Å². The first-order chi connectivity index (χ1) is 6.15. The standard InChI is InChI=1S/C12H16O/c1-9-7-10(2)12(5-4-6-13)11(3)8-9/h4-5,7-8,13H,6H2,1-3H3. The van der Waals surface area contributed by atoms with E-state index in [1.54, 1.807) is 6.08 Å². The predicted octanol–water partition coefficient (Wildman–Crippen LogP) is 2.62. The average molecular weight is 176 g/mol. The molecule has 13 heavy (non-hydrogen) atoms. The smallest absolute Gasteiger partial charge is 0.0615 e. The molecule has 0 spiro atoms. The summed E-state index contributed by atoms with van der Waals surface area (Å²) in [6, 6.07) is 4.31. The Morgan fingerprint density at radius 1 is 1.15 bits per heavy atom. The lowest BCUT2D eigenvalue weighted by Gasteiger charge is -2.06. The first-order valence-electron chi connectivity index (χ1n) is 4.50. The van der Waals surface area contributed by atoms with Crippen LogP contribution in [-0.4, -0.2) is 11.7 Å². The lowest BCUT2D eigenvalue weighted by molar-refractivity contribution is 0.343. The summed E-state index contributed by atoms with van der Waals surface area (Å²) in [6.45, 7) is 6.39. The lowest BCUT2D eigenvalue weighted by Crippen LogP contribution is -1.88. The van der Waals surface area contributed by atoms with Crippen LogP contribution in [0.5, 0.6) is 0 Å². The van der Waals surface area contributed by atoms with Gasteiger partial charge in [0.05, 0.1) is 6.61 Å². The number of rotatable bonds is 2. The lowest BCUT2D eigenvalue weighted by atomic mass is 9.99. The van der Waals surface area contributed by atoms with E-state index < -0.39 is 0 Å². The minimum atomic E-state index is 0.104. The Hall–Kier alpha value is -1.08. The van der Waals surface area contributed by atoms with Crippen LogP contribution in [0.15, 0.2) is 18.2 Å². The zero-order chi connectivity index (χ0) is 9.84. The Kier molecular flexibility index (Phi) is 3.26. The van der Waals surface area contributed by atoms with E-state index in [-0.39, 0.29) is 6.61 Å². The van der Waals surface area contributed by atoms with Gasteiger partial charge in [0.1, 0.15) is 0 Å². The summed E-state index contributed by atoms with van der Waals surface area (Å²) in [5.74, 6) is 0. The van der Waals surface area contributed by atoms with Gasteiger partial charge in [0, 0.05) is 0 Å². The first kappa shape index (κ1) is 10.0. The second-order valence-corrected chi connectivity index (χ2v) is 3.40. The molecule has 0 unspecified atom stereocenters. The summed E-state index contributed by atoms with van der Waals surface area (Å²) in [5.41, 5.74) is 5.04. The molecule has 0 radical (unpaired) electrons. The Bertz CT molecular complexity index is 301. The fourth-order valence-corrected chi connectivity index (χ4v) is 1.62. The molecule has 0 aromatic heterocycles. The highest BCUT2D eigenvalue weighted by molar-refractivity contribution is 5.58. The van der Waals surface area contributed by atoms with Crippen LogP contribution in [0.25, 0.3) is 6.08 Å². The van der Waals surface area contributed by atoms with Crippen LogP contribution in [-0.2, 0) is 0 Å². The van der Waals surface area contributed by atoms with Gasteiger partial charge in [-0.1, -0.05) is 29.8 Å². The topological polar surface area (TPSA) is 20.2 Å². The molecule has 1 aromatic rings. The van der Waals surface area contributed by atoms with E-state index in [0.717, 1.165) is 0 Å². The SMILES string of the molecule is Cc1cc(C)c(C=CCO)c(C)c1. The molecule has 70 valence electrons. The maximum atomic E-state index is 8.68. The van der Waals surface area contributed by atoms with Crippen molar-refractivity contribution >= 4 is 6.08 Å². The average Bonchev–Trinajstić information content (AvgIpc) is 2.02. The Morgan fingerprint density at radius 2 is 1.69 bits per heavy atom. The molecule has 0 bridgehead atoms. The second-order valence-electron chi connectivity index (χ2n) is 3.40. The number of aryl methyl sites for hydroxylation is 3. The molecule has 0 fully saturated rings. The van der Waals surface area contributed by atoms with E-state index in [4.69, 9.17) is 5.11 Å². The number of hydrogen-bond donors (Lipinski definition) is 1. The summed E-state index contributed by atoms with van der Waals surface area (Å²) in [6.07, 6.45) is 3.74. The van der Waals surface area contributed by atoms with E-state index in [9.17, 15) is 0 Å². The molecule has 0 aliphatic heterocycles. The van der Waals surface area contributed by atoms with Crippen LogP contribution in [0, 0.1) is 20.8 Å². The highest BCUT2D eigenvalue weighted by atomic mass is 16.2. The van der Waals surface area contributed by atoms with E-state index in [2.05, 4.69) is 32.9 Å². The third-order valence-electron chi connectivity index (χ3n) is 2.13. The fraction of sp³-hybridized carbons (Fsp3) is 0.333. The van der Waals surface area contributed by atoms with E-state index in [0.29, 0.717) is 0 Å². The molecule has 1 aromatic carbocycles. The summed E-state index contributed by atoms with van der Waals surface area (Å²) in [4.78, 5) is 0. The van der Waals surface area contributed by atoms with Crippen LogP contribution in [0.1, 0.15) is 22.3 Å². The van der Waals surface area contributed by atoms with Gasteiger partial charge < -0.3 is 5.11 Å².